The van der Waals surface area contributed by atoms with E-state index in [-0.39, 0.29) is 17.9 Å². The standard InChI is InChI=1S/C20H36N2O5/c1-20(2,3)27-19(25)22-17(15-9-12-26-13-10-15)18(24)21-11-5-7-14-6-4-8-16(14)23/h14-17,23H,4-13H2,1-3H3,(H,21,24)(H,22,25)/t14-,16+,17+/m1/s1. The summed E-state index contributed by atoms with van der Waals surface area (Å²) in [6.45, 7) is 7.15. The highest BCUT2D eigenvalue weighted by molar-refractivity contribution is 5.86. The van der Waals surface area contributed by atoms with Gasteiger partial charge in [-0.1, -0.05) is 6.42 Å². The number of hydrogen-bond acceptors (Lipinski definition) is 5. The van der Waals surface area contributed by atoms with Crippen LogP contribution >= 0.6 is 0 Å². The maximum absolute atomic E-state index is 12.7. The fourth-order valence-electron chi connectivity index (χ4n) is 3.92. The van der Waals surface area contributed by atoms with E-state index in [1.807, 2.05) is 0 Å². The number of nitrogens with one attached hydrogen (secondary N) is 2. The first-order chi connectivity index (χ1) is 12.8. The molecule has 2 fully saturated rings. The zero-order valence-corrected chi connectivity index (χ0v) is 17.0. The molecule has 0 unspecified atom stereocenters. The predicted molar refractivity (Wildman–Crippen MR) is 102 cm³/mol. The second kappa shape index (κ2) is 10.3. The topological polar surface area (TPSA) is 96.9 Å². The molecule has 7 heteroatoms. The van der Waals surface area contributed by atoms with Crippen molar-refractivity contribution >= 4 is 12.0 Å². The summed E-state index contributed by atoms with van der Waals surface area (Å²) in [4.78, 5) is 24.9. The van der Waals surface area contributed by atoms with Gasteiger partial charge in [0.05, 0.1) is 6.10 Å². The molecular formula is C20H36N2O5. The number of carbonyl (C=O) groups excluding carboxylic acids is 2. The summed E-state index contributed by atoms with van der Waals surface area (Å²) in [5, 5.41) is 15.6. The first-order valence-corrected chi connectivity index (χ1v) is 10.3. The fraction of sp³-hybridized carbons (Fsp3) is 0.900. The van der Waals surface area contributed by atoms with Crippen LogP contribution in [0.3, 0.4) is 0 Å². The molecule has 0 radical (unpaired) electrons. The van der Waals surface area contributed by atoms with Crippen LogP contribution in [-0.4, -0.2) is 54.6 Å². The summed E-state index contributed by atoms with van der Waals surface area (Å²) in [6.07, 6.45) is 5.52. The average molecular weight is 385 g/mol. The Morgan fingerprint density at radius 1 is 1.19 bits per heavy atom. The van der Waals surface area contributed by atoms with Gasteiger partial charge in [-0.15, -0.1) is 0 Å². The molecule has 2 aliphatic rings. The number of hydrogen-bond donors (Lipinski definition) is 3. The number of alkyl carbamates (subject to hydrolysis) is 1. The van der Waals surface area contributed by atoms with Gasteiger partial charge in [0, 0.05) is 19.8 Å². The van der Waals surface area contributed by atoms with Crippen LogP contribution in [0, 0.1) is 11.8 Å². The molecule has 1 aliphatic carbocycles. The van der Waals surface area contributed by atoms with E-state index < -0.39 is 17.7 Å². The Balaban J connectivity index is 1.83. The van der Waals surface area contributed by atoms with Crippen LogP contribution in [0.2, 0.25) is 0 Å². The Morgan fingerprint density at radius 3 is 2.48 bits per heavy atom. The Kier molecular flexibility index (Phi) is 8.35. The molecule has 0 aromatic rings. The molecule has 1 saturated carbocycles. The summed E-state index contributed by atoms with van der Waals surface area (Å²) >= 11 is 0. The number of aliphatic hydroxyl groups excluding tert-OH is 1. The van der Waals surface area contributed by atoms with Crippen LogP contribution in [0.4, 0.5) is 4.79 Å². The minimum atomic E-state index is -0.610. The van der Waals surface area contributed by atoms with Crippen molar-refractivity contribution in [2.24, 2.45) is 11.8 Å². The monoisotopic (exact) mass is 384 g/mol. The molecule has 27 heavy (non-hydrogen) atoms. The van der Waals surface area contributed by atoms with Crippen LogP contribution in [0.25, 0.3) is 0 Å². The van der Waals surface area contributed by atoms with Crippen molar-refractivity contribution in [1.82, 2.24) is 10.6 Å². The Labute approximate surface area is 162 Å². The summed E-state index contributed by atoms with van der Waals surface area (Å²) in [6, 6.07) is -0.610. The Bertz CT molecular complexity index is 485. The number of aliphatic hydroxyl groups is 1. The molecule has 1 saturated heterocycles. The lowest BCUT2D eigenvalue weighted by Gasteiger charge is -2.31. The smallest absolute Gasteiger partial charge is 0.408 e. The van der Waals surface area contributed by atoms with Crippen molar-refractivity contribution in [3.8, 4) is 0 Å². The van der Waals surface area contributed by atoms with E-state index in [0.717, 1.165) is 44.9 Å². The fourth-order valence-corrected chi connectivity index (χ4v) is 3.92. The van der Waals surface area contributed by atoms with Crippen molar-refractivity contribution in [2.45, 2.75) is 83.5 Å². The second-order valence-electron chi connectivity index (χ2n) is 8.77. The van der Waals surface area contributed by atoms with E-state index in [9.17, 15) is 14.7 Å². The zero-order valence-electron chi connectivity index (χ0n) is 17.0. The molecule has 2 rings (SSSR count). The van der Waals surface area contributed by atoms with Gasteiger partial charge in [0.25, 0.3) is 0 Å². The van der Waals surface area contributed by atoms with E-state index in [1.54, 1.807) is 20.8 Å². The first kappa shape index (κ1) is 22.0. The third kappa shape index (κ3) is 7.66. The maximum atomic E-state index is 12.7. The molecule has 0 spiro atoms. The van der Waals surface area contributed by atoms with Crippen LogP contribution in [0.15, 0.2) is 0 Å². The third-order valence-electron chi connectivity index (χ3n) is 5.36. The number of amides is 2. The van der Waals surface area contributed by atoms with Crippen LogP contribution in [0.1, 0.15) is 65.7 Å². The minimum Gasteiger partial charge on any atom is -0.444 e. The molecule has 0 aromatic heterocycles. The van der Waals surface area contributed by atoms with Crippen molar-refractivity contribution < 1.29 is 24.2 Å². The molecule has 2 amide bonds. The highest BCUT2D eigenvalue weighted by Crippen LogP contribution is 2.29. The molecule has 0 aromatic carbocycles. The highest BCUT2D eigenvalue weighted by atomic mass is 16.6. The van der Waals surface area contributed by atoms with Gasteiger partial charge >= 0.3 is 6.09 Å². The maximum Gasteiger partial charge on any atom is 0.408 e. The molecule has 1 aliphatic heterocycles. The lowest BCUT2D eigenvalue weighted by atomic mass is 9.91. The normalized spacial score (nSPS) is 25.0. The van der Waals surface area contributed by atoms with E-state index in [0.29, 0.717) is 25.7 Å². The molecule has 1 heterocycles. The van der Waals surface area contributed by atoms with Gasteiger partial charge in [0.2, 0.25) is 5.91 Å². The molecule has 7 nitrogen and oxygen atoms in total. The van der Waals surface area contributed by atoms with Gasteiger partial charge in [0.15, 0.2) is 0 Å². The summed E-state index contributed by atoms with van der Waals surface area (Å²) < 4.78 is 10.7. The molecule has 3 N–H and O–H groups in total. The van der Waals surface area contributed by atoms with Gasteiger partial charge in [-0.3, -0.25) is 4.79 Å². The van der Waals surface area contributed by atoms with Crippen LogP contribution in [-0.2, 0) is 14.3 Å². The number of carbonyl (C=O) groups is 2. The second-order valence-corrected chi connectivity index (χ2v) is 8.77. The molecule has 3 atom stereocenters. The first-order valence-electron chi connectivity index (χ1n) is 10.3. The highest BCUT2D eigenvalue weighted by Gasteiger charge is 2.32. The largest absolute Gasteiger partial charge is 0.444 e. The molecule has 0 bridgehead atoms. The van der Waals surface area contributed by atoms with E-state index in [4.69, 9.17) is 9.47 Å². The lowest BCUT2D eigenvalue weighted by Crippen LogP contribution is -2.53. The molecular weight excluding hydrogens is 348 g/mol. The van der Waals surface area contributed by atoms with E-state index in [2.05, 4.69) is 10.6 Å². The van der Waals surface area contributed by atoms with Gasteiger partial charge < -0.3 is 25.2 Å². The quantitative estimate of drug-likeness (QED) is 0.586. The van der Waals surface area contributed by atoms with Gasteiger partial charge in [-0.05, 0) is 71.1 Å². The number of rotatable bonds is 7. The average Bonchev–Trinajstić information content (AvgIpc) is 3.00. The zero-order chi connectivity index (χ0) is 19.9. The van der Waals surface area contributed by atoms with Crippen molar-refractivity contribution in [3.63, 3.8) is 0 Å². The number of ether oxygens (including phenoxy) is 2. The van der Waals surface area contributed by atoms with Crippen molar-refractivity contribution in [2.75, 3.05) is 19.8 Å². The summed E-state index contributed by atoms with van der Waals surface area (Å²) in [7, 11) is 0. The van der Waals surface area contributed by atoms with Gasteiger partial charge in [0.1, 0.15) is 11.6 Å². The summed E-state index contributed by atoms with van der Waals surface area (Å²) in [5.74, 6) is 0.232. The SMILES string of the molecule is CC(C)(C)OC(=O)N[C@H](C(=O)NCCC[C@H]1CCC[C@@H]1O)C1CCOCC1. The molecule has 156 valence electrons. The predicted octanol–water partition coefficient (Wildman–Crippen LogP) is 2.36. The van der Waals surface area contributed by atoms with Gasteiger partial charge in [-0.25, -0.2) is 4.79 Å². The van der Waals surface area contributed by atoms with Crippen molar-refractivity contribution in [3.05, 3.63) is 0 Å². The van der Waals surface area contributed by atoms with Crippen LogP contribution in [0.5, 0.6) is 0 Å². The van der Waals surface area contributed by atoms with Crippen molar-refractivity contribution in [1.29, 1.82) is 0 Å². The van der Waals surface area contributed by atoms with Crippen LogP contribution < -0.4 is 10.6 Å². The van der Waals surface area contributed by atoms with E-state index >= 15 is 0 Å². The third-order valence-corrected chi connectivity index (χ3v) is 5.36. The minimum absolute atomic E-state index is 0.0444. The lowest BCUT2D eigenvalue weighted by molar-refractivity contribution is -0.125. The summed E-state index contributed by atoms with van der Waals surface area (Å²) in [5.41, 5.74) is -0.608. The van der Waals surface area contributed by atoms with Gasteiger partial charge in [-0.2, -0.15) is 0 Å². The Hall–Kier alpha value is -1.34. The van der Waals surface area contributed by atoms with E-state index in [1.165, 1.54) is 0 Å². The Morgan fingerprint density at radius 2 is 1.89 bits per heavy atom.